The average molecular weight is 314 g/mol. The Morgan fingerprint density at radius 1 is 1.24 bits per heavy atom. The van der Waals surface area contributed by atoms with Gasteiger partial charge in [0.15, 0.2) is 0 Å². The molecule has 21 heavy (non-hydrogen) atoms. The zero-order valence-electron chi connectivity index (χ0n) is 13.3. The Balaban J connectivity index is 2.07. The van der Waals surface area contributed by atoms with Gasteiger partial charge in [-0.25, -0.2) is 8.42 Å². The normalized spacial score (nSPS) is 19.0. The Labute approximate surface area is 127 Å². The smallest absolute Gasteiger partial charge is 0.244 e. The van der Waals surface area contributed by atoms with Crippen LogP contribution in [0.25, 0.3) is 0 Å². The topological polar surface area (TPSA) is 68.4 Å². The second-order valence-corrected chi connectivity index (χ2v) is 8.39. The van der Waals surface area contributed by atoms with Gasteiger partial charge in [-0.1, -0.05) is 0 Å². The molecule has 1 saturated heterocycles. The van der Waals surface area contributed by atoms with Crippen molar-refractivity contribution in [2.45, 2.75) is 37.8 Å². The molecule has 1 aliphatic heterocycles. The Morgan fingerprint density at radius 2 is 1.86 bits per heavy atom. The molecule has 0 aliphatic carbocycles. The highest BCUT2D eigenvalue weighted by atomic mass is 32.2. The van der Waals surface area contributed by atoms with Crippen molar-refractivity contribution >= 4 is 10.0 Å². The van der Waals surface area contributed by atoms with Crippen molar-refractivity contribution in [3.63, 3.8) is 0 Å². The average Bonchev–Trinajstić information content (AvgIpc) is 2.88. The molecule has 2 N–H and O–H groups in total. The minimum atomic E-state index is -3.38. The van der Waals surface area contributed by atoms with Crippen molar-refractivity contribution in [1.29, 1.82) is 0 Å². The second-order valence-electron chi connectivity index (χ2n) is 6.45. The molecular formula is C14H26N4O2S. The molecule has 1 fully saturated rings. The fourth-order valence-corrected chi connectivity index (χ4v) is 4.05. The lowest BCUT2D eigenvalue weighted by molar-refractivity contribution is 0.0922. The molecule has 1 aromatic rings. The van der Waals surface area contributed by atoms with Gasteiger partial charge in [-0.15, -0.1) is 0 Å². The van der Waals surface area contributed by atoms with Crippen LogP contribution in [0.15, 0.2) is 17.2 Å². The summed E-state index contributed by atoms with van der Waals surface area (Å²) in [5, 5.41) is 3.00. The van der Waals surface area contributed by atoms with Crippen LogP contribution in [-0.4, -0.2) is 61.4 Å². The van der Waals surface area contributed by atoms with Crippen LogP contribution in [0.2, 0.25) is 0 Å². The van der Waals surface area contributed by atoms with E-state index in [0.29, 0.717) is 24.5 Å². The minimum Gasteiger partial charge on any atom is -0.363 e. The van der Waals surface area contributed by atoms with E-state index in [1.807, 2.05) is 7.05 Å². The van der Waals surface area contributed by atoms with E-state index >= 15 is 0 Å². The van der Waals surface area contributed by atoms with E-state index in [2.05, 4.69) is 36.0 Å². The standard InChI is InChI=1S/C14H26N4O2S/c1-14(2,3)17-5-7-18(8-6-17)21(19,20)13-9-12(10-15-4)16-11-13/h9,11,15-16H,5-8,10H2,1-4H3. The maximum Gasteiger partial charge on any atom is 0.244 e. The number of nitrogens with zero attached hydrogens (tertiary/aromatic N) is 2. The largest absolute Gasteiger partial charge is 0.363 e. The van der Waals surface area contributed by atoms with Crippen molar-refractivity contribution in [2.24, 2.45) is 0 Å². The summed E-state index contributed by atoms with van der Waals surface area (Å²) < 4.78 is 26.8. The van der Waals surface area contributed by atoms with E-state index in [1.54, 1.807) is 16.6 Å². The first-order valence-electron chi connectivity index (χ1n) is 7.32. The molecule has 0 bridgehead atoms. The van der Waals surface area contributed by atoms with E-state index < -0.39 is 10.0 Å². The summed E-state index contributed by atoms with van der Waals surface area (Å²) in [4.78, 5) is 5.69. The predicted molar refractivity (Wildman–Crippen MR) is 83.6 cm³/mol. The van der Waals surface area contributed by atoms with Gasteiger partial charge in [-0.3, -0.25) is 4.90 Å². The third-order valence-corrected chi connectivity index (χ3v) is 5.79. The van der Waals surface area contributed by atoms with Gasteiger partial charge in [0.05, 0.1) is 4.90 Å². The molecule has 0 saturated carbocycles. The number of H-pyrrole nitrogens is 1. The first-order chi connectivity index (χ1) is 9.75. The SMILES string of the molecule is CNCc1cc(S(=O)(=O)N2CCN(C(C)(C)C)CC2)c[nH]1. The molecule has 7 heteroatoms. The highest BCUT2D eigenvalue weighted by molar-refractivity contribution is 7.89. The van der Waals surface area contributed by atoms with Gasteiger partial charge in [-0.2, -0.15) is 4.31 Å². The summed E-state index contributed by atoms with van der Waals surface area (Å²) in [7, 11) is -1.55. The number of aromatic amines is 1. The highest BCUT2D eigenvalue weighted by Gasteiger charge is 2.32. The van der Waals surface area contributed by atoms with E-state index in [4.69, 9.17) is 0 Å². The molecule has 2 heterocycles. The van der Waals surface area contributed by atoms with E-state index in [-0.39, 0.29) is 5.54 Å². The number of sulfonamides is 1. The quantitative estimate of drug-likeness (QED) is 0.864. The molecule has 6 nitrogen and oxygen atoms in total. The Kier molecular flexibility index (Phi) is 4.77. The summed E-state index contributed by atoms with van der Waals surface area (Å²) in [6, 6.07) is 1.71. The van der Waals surface area contributed by atoms with Gasteiger partial charge in [0, 0.05) is 50.2 Å². The molecule has 1 aliphatic rings. The monoisotopic (exact) mass is 314 g/mol. The van der Waals surface area contributed by atoms with Crippen LogP contribution >= 0.6 is 0 Å². The molecule has 2 rings (SSSR count). The van der Waals surface area contributed by atoms with Crippen molar-refractivity contribution in [3.05, 3.63) is 18.0 Å². The maximum absolute atomic E-state index is 12.6. The number of rotatable bonds is 4. The van der Waals surface area contributed by atoms with E-state index in [1.165, 1.54) is 0 Å². The van der Waals surface area contributed by atoms with Crippen LogP contribution in [0.3, 0.4) is 0 Å². The van der Waals surface area contributed by atoms with Crippen molar-refractivity contribution in [3.8, 4) is 0 Å². The fraction of sp³-hybridized carbons (Fsp3) is 0.714. The molecule has 1 aromatic heterocycles. The van der Waals surface area contributed by atoms with Crippen molar-refractivity contribution in [2.75, 3.05) is 33.2 Å². The van der Waals surface area contributed by atoms with Gasteiger partial charge in [0.2, 0.25) is 10.0 Å². The molecule has 0 radical (unpaired) electrons. The summed E-state index contributed by atoms with van der Waals surface area (Å²) >= 11 is 0. The first-order valence-corrected chi connectivity index (χ1v) is 8.76. The fourth-order valence-electron chi connectivity index (χ4n) is 2.61. The Hall–Kier alpha value is -0.890. The van der Waals surface area contributed by atoms with Crippen molar-refractivity contribution < 1.29 is 8.42 Å². The molecule has 0 spiro atoms. The molecule has 0 amide bonds. The van der Waals surface area contributed by atoms with Crippen LogP contribution in [0.5, 0.6) is 0 Å². The van der Waals surface area contributed by atoms with Crippen LogP contribution < -0.4 is 5.32 Å². The Bertz CT molecular complexity index is 566. The molecule has 0 aromatic carbocycles. The summed E-state index contributed by atoms with van der Waals surface area (Å²) in [6.07, 6.45) is 1.58. The van der Waals surface area contributed by atoms with Crippen LogP contribution in [0.1, 0.15) is 26.5 Å². The van der Waals surface area contributed by atoms with Gasteiger partial charge < -0.3 is 10.3 Å². The van der Waals surface area contributed by atoms with Crippen LogP contribution in [0.4, 0.5) is 0 Å². The number of aromatic nitrogens is 1. The predicted octanol–water partition coefficient (Wildman–Crippen LogP) is 0.839. The zero-order valence-corrected chi connectivity index (χ0v) is 14.1. The molecule has 120 valence electrons. The van der Waals surface area contributed by atoms with Gasteiger partial charge >= 0.3 is 0 Å². The van der Waals surface area contributed by atoms with Crippen molar-refractivity contribution in [1.82, 2.24) is 19.5 Å². The highest BCUT2D eigenvalue weighted by Crippen LogP contribution is 2.21. The van der Waals surface area contributed by atoms with Gasteiger partial charge in [0.1, 0.15) is 0 Å². The number of hydrogen-bond acceptors (Lipinski definition) is 4. The second kappa shape index (κ2) is 6.08. The lowest BCUT2D eigenvalue weighted by atomic mass is 10.1. The molecular weight excluding hydrogens is 288 g/mol. The molecule has 0 unspecified atom stereocenters. The van der Waals surface area contributed by atoms with Gasteiger partial charge in [-0.05, 0) is 33.9 Å². The van der Waals surface area contributed by atoms with Gasteiger partial charge in [0.25, 0.3) is 0 Å². The summed E-state index contributed by atoms with van der Waals surface area (Å²) in [5.41, 5.74) is 0.966. The van der Waals surface area contributed by atoms with E-state index in [0.717, 1.165) is 18.8 Å². The van der Waals surface area contributed by atoms with Crippen LogP contribution in [-0.2, 0) is 16.6 Å². The number of piperazine rings is 1. The Morgan fingerprint density at radius 3 is 2.38 bits per heavy atom. The lowest BCUT2D eigenvalue weighted by Crippen LogP contribution is -2.54. The zero-order chi connectivity index (χ0) is 15.7. The van der Waals surface area contributed by atoms with E-state index in [9.17, 15) is 8.42 Å². The minimum absolute atomic E-state index is 0.0872. The molecule has 0 atom stereocenters. The summed E-state index contributed by atoms with van der Waals surface area (Å²) in [6.45, 7) is 9.76. The van der Waals surface area contributed by atoms with Crippen LogP contribution in [0, 0.1) is 0 Å². The first kappa shape index (κ1) is 16.5. The maximum atomic E-state index is 12.6. The number of nitrogens with one attached hydrogen (secondary N) is 2. The third kappa shape index (κ3) is 3.66. The lowest BCUT2D eigenvalue weighted by Gasteiger charge is -2.41. The number of hydrogen-bond donors (Lipinski definition) is 2. The summed E-state index contributed by atoms with van der Waals surface area (Å²) in [5.74, 6) is 0. The third-order valence-electron chi connectivity index (χ3n) is 3.91.